The van der Waals surface area contributed by atoms with Crippen LogP contribution in [0, 0.1) is 0 Å². The molecule has 3 aromatic carbocycles. The van der Waals surface area contributed by atoms with E-state index in [2.05, 4.69) is 66.7 Å². The van der Waals surface area contributed by atoms with E-state index >= 15 is 0 Å². The second-order valence-electron chi connectivity index (χ2n) is 5.88. The lowest BCUT2D eigenvalue weighted by Gasteiger charge is -2.22. The quantitative estimate of drug-likeness (QED) is 0.659. The zero-order chi connectivity index (χ0) is 17.5. The third-order valence-corrected chi connectivity index (χ3v) is 6.65. The maximum Gasteiger partial charge on any atom is 0.303 e. The molecule has 0 saturated carbocycles. The fourth-order valence-electron chi connectivity index (χ4n) is 2.95. The van der Waals surface area contributed by atoms with Gasteiger partial charge in [0.15, 0.2) is 0 Å². The highest BCUT2D eigenvalue weighted by molar-refractivity contribution is 7.79. The van der Waals surface area contributed by atoms with Crippen LogP contribution in [0.5, 0.6) is 0 Å². The zero-order valence-electron chi connectivity index (χ0n) is 14.0. The molecular weight excluding hydrogens is 327 g/mol. The molecule has 25 heavy (non-hydrogen) atoms. The second-order valence-corrected chi connectivity index (χ2v) is 8.07. The molecule has 1 N–H and O–H groups in total. The Hall–Kier alpha value is -2.44. The van der Waals surface area contributed by atoms with Crippen LogP contribution in [0.3, 0.4) is 0 Å². The van der Waals surface area contributed by atoms with Crippen molar-refractivity contribution < 1.29 is 9.90 Å². The number of hydrogen-bond acceptors (Lipinski definition) is 1. The number of aliphatic carboxylic acids is 1. The summed E-state index contributed by atoms with van der Waals surface area (Å²) in [6.45, 7) is 0. The van der Waals surface area contributed by atoms with Crippen LogP contribution in [0.25, 0.3) is 0 Å². The Balaban J connectivity index is 2.01. The first kappa shape index (κ1) is 17.4. The molecule has 0 aliphatic carbocycles. The molecule has 0 saturated heterocycles. The summed E-state index contributed by atoms with van der Waals surface area (Å²) in [5.74, 6) is -0.731. The molecule has 126 valence electrons. The van der Waals surface area contributed by atoms with Crippen LogP contribution in [0.15, 0.2) is 84.9 Å². The predicted octanol–water partition coefficient (Wildman–Crippen LogP) is 3.85. The van der Waals surface area contributed by atoms with Crippen LogP contribution < -0.4 is 15.9 Å². The molecule has 0 bridgehead atoms. The van der Waals surface area contributed by atoms with Crippen molar-refractivity contribution in [1.29, 1.82) is 0 Å². The van der Waals surface area contributed by atoms with Crippen molar-refractivity contribution in [3.8, 4) is 0 Å². The maximum atomic E-state index is 10.9. The minimum Gasteiger partial charge on any atom is -0.481 e. The zero-order valence-corrected chi connectivity index (χ0v) is 14.9. The van der Waals surface area contributed by atoms with Gasteiger partial charge in [-0.3, -0.25) is 4.79 Å². The molecule has 0 atom stereocenters. The monoisotopic (exact) mass is 348 g/mol. The van der Waals surface area contributed by atoms with Gasteiger partial charge in [-0.15, -0.1) is 0 Å². The van der Waals surface area contributed by atoms with Gasteiger partial charge in [-0.25, -0.2) is 0 Å². The van der Waals surface area contributed by atoms with E-state index < -0.39 is 13.9 Å². The van der Waals surface area contributed by atoms with Crippen molar-refractivity contribution in [3.63, 3.8) is 0 Å². The van der Waals surface area contributed by atoms with E-state index in [-0.39, 0.29) is 6.42 Å². The van der Waals surface area contributed by atoms with Gasteiger partial charge in [0, 0.05) is 6.42 Å². The van der Waals surface area contributed by atoms with Crippen LogP contribution >= 0.6 is 7.92 Å². The summed E-state index contributed by atoms with van der Waals surface area (Å²) in [6, 6.07) is 29.6. The number of carbonyl (C=O) groups is 1. The third kappa shape index (κ3) is 4.55. The smallest absolute Gasteiger partial charge is 0.303 e. The molecule has 3 rings (SSSR count). The highest BCUT2D eigenvalue weighted by Crippen LogP contribution is 2.34. The standard InChI is InChI=1S/C22H21O2P/c23-22(24)17-9-11-18-10-7-8-16-21(18)25(19-12-3-1-4-13-19)20-14-5-2-6-15-20/h1-8,10,12-16H,9,11,17H2,(H,23,24). The van der Waals surface area contributed by atoms with E-state index in [1.54, 1.807) is 0 Å². The van der Waals surface area contributed by atoms with E-state index in [1.807, 2.05) is 18.2 Å². The van der Waals surface area contributed by atoms with Crippen LogP contribution in [0.1, 0.15) is 18.4 Å². The van der Waals surface area contributed by atoms with Gasteiger partial charge >= 0.3 is 5.97 Å². The summed E-state index contributed by atoms with van der Waals surface area (Å²) in [7, 11) is -0.646. The van der Waals surface area contributed by atoms with Gasteiger partial charge < -0.3 is 5.11 Å². The Morgan fingerprint density at radius 1 is 0.760 bits per heavy atom. The number of aryl methyl sites for hydroxylation is 1. The fraction of sp³-hybridized carbons (Fsp3) is 0.136. The highest BCUT2D eigenvalue weighted by Gasteiger charge is 2.18. The van der Waals surface area contributed by atoms with E-state index in [9.17, 15) is 4.79 Å². The van der Waals surface area contributed by atoms with Crippen molar-refractivity contribution in [3.05, 3.63) is 90.5 Å². The van der Waals surface area contributed by atoms with Gasteiger partial charge in [0.1, 0.15) is 0 Å². The molecule has 0 radical (unpaired) electrons. The molecule has 2 nitrogen and oxygen atoms in total. The van der Waals surface area contributed by atoms with Crippen LogP contribution in [0.2, 0.25) is 0 Å². The molecule has 3 aromatic rings. The molecule has 0 fully saturated rings. The number of rotatable bonds is 7. The number of benzene rings is 3. The highest BCUT2D eigenvalue weighted by atomic mass is 31.1. The van der Waals surface area contributed by atoms with Crippen molar-refractivity contribution in [2.24, 2.45) is 0 Å². The lowest BCUT2D eigenvalue weighted by Crippen LogP contribution is -2.23. The summed E-state index contributed by atoms with van der Waals surface area (Å²) < 4.78 is 0. The SMILES string of the molecule is O=C(O)CCCc1ccccc1P(c1ccccc1)c1ccccc1. The Bertz CT molecular complexity index is 776. The third-order valence-electron chi connectivity index (χ3n) is 4.10. The Labute approximate surface area is 149 Å². The van der Waals surface area contributed by atoms with E-state index in [4.69, 9.17) is 5.11 Å². The molecule has 0 heterocycles. The topological polar surface area (TPSA) is 37.3 Å². The van der Waals surface area contributed by atoms with E-state index in [0.717, 1.165) is 6.42 Å². The maximum absolute atomic E-state index is 10.9. The summed E-state index contributed by atoms with van der Waals surface area (Å²) in [4.78, 5) is 10.9. The first-order valence-electron chi connectivity index (χ1n) is 8.45. The van der Waals surface area contributed by atoms with Crippen LogP contribution in [-0.2, 0) is 11.2 Å². The molecular formula is C22H21O2P. The van der Waals surface area contributed by atoms with Gasteiger partial charge in [0.25, 0.3) is 0 Å². The van der Waals surface area contributed by atoms with Gasteiger partial charge in [-0.05, 0) is 42.2 Å². The summed E-state index contributed by atoms with van der Waals surface area (Å²) in [5, 5.41) is 12.9. The number of carboxylic acid groups (broad SMARTS) is 1. The van der Waals surface area contributed by atoms with Crippen molar-refractivity contribution in [2.45, 2.75) is 19.3 Å². The Morgan fingerprint density at radius 2 is 1.28 bits per heavy atom. The van der Waals surface area contributed by atoms with E-state index in [0.29, 0.717) is 6.42 Å². The Kier molecular flexibility index (Phi) is 5.98. The van der Waals surface area contributed by atoms with Crippen LogP contribution in [-0.4, -0.2) is 11.1 Å². The average molecular weight is 348 g/mol. The summed E-state index contributed by atoms with van der Waals surface area (Å²) >= 11 is 0. The summed E-state index contributed by atoms with van der Waals surface area (Å²) in [6.07, 6.45) is 1.67. The number of carboxylic acids is 1. The lowest BCUT2D eigenvalue weighted by atomic mass is 10.1. The minimum atomic E-state index is -0.731. The minimum absolute atomic E-state index is 0.211. The van der Waals surface area contributed by atoms with Gasteiger partial charge in [0.2, 0.25) is 0 Å². The average Bonchev–Trinajstić information content (AvgIpc) is 2.65. The van der Waals surface area contributed by atoms with Crippen molar-refractivity contribution in [1.82, 2.24) is 0 Å². The molecule has 0 aliphatic rings. The largest absolute Gasteiger partial charge is 0.481 e. The molecule has 0 unspecified atom stereocenters. The fourth-order valence-corrected chi connectivity index (χ4v) is 5.46. The molecule has 0 amide bonds. The Morgan fingerprint density at radius 3 is 1.84 bits per heavy atom. The molecule has 0 aliphatic heterocycles. The molecule has 0 aromatic heterocycles. The molecule has 0 spiro atoms. The molecule has 3 heteroatoms. The van der Waals surface area contributed by atoms with Gasteiger partial charge in [-0.2, -0.15) is 0 Å². The van der Waals surface area contributed by atoms with Crippen molar-refractivity contribution in [2.75, 3.05) is 0 Å². The van der Waals surface area contributed by atoms with Crippen molar-refractivity contribution >= 4 is 29.8 Å². The second kappa shape index (κ2) is 8.60. The van der Waals surface area contributed by atoms with Gasteiger partial charge in [-0.1, -0.05) is 84.9 Å². The van der Waals surface area contributed by atoms with Gasteiger partial charge in [0.05, 0.1) is 0 Å². The first-order valence-corrected chi connectivity index (χ1v) is 9.80. The first-order chi connectivity index (χ1) is 12.3. The van der Waals surface area contributed by atoms with E-state index in [1.165, 1.54) is 21.5 Å². The summed E-state index contributed by atoms with van der Waals surface area (Å²) in [5.41, 5.74) is 1.25. The van der Waals surface area contributed by atoms with Crippen LogP contribution in [0.4, 0.5) is 0 Å². The lowest BCUT2D eigenvalue weighted by molar-refractivity contribution is -0.137. The predicted molar refractivity (Wildman–Crippen MR) is 106 cm³/mol. The number of hydrogen-bond donors (Lipinski definition) is 1. The normalized spacial score (nSPS) is 10.8.